The van der Waals surface area contributed by atoms with Gasteiger partial charge in [0.25, 0.3) is 0 Å². The first-order chi connectivity index (χ1) is 28.2. The zero-order chi connectivity index (χ0) is 37.5. The van der Waals surface area contributed by atoms with Gasteiger partial charge in [0.15, 0.2) is 0 Å². The molecule has 3 unspecified atom stereocenters. The van der Waals surface area contributed by atoms with Crippen molar-refractivity contribution in [3.05, 3.63) is 186 Å². The number of hydrogen-bond acceptors (Lipinski definition) is 5. The summed E-state index contributed by atoms with van der Waals surface area (Å²) in [5, 5.41) is 14.4. The molecule has 3 aromatic heterocycles. The number of para-hydroxylation sites is 2. The number of benzene rings is 7. The molecule has 0 saturated heterocycles. The Balaban J connectivity index is 0.950. The average molecular weight is 737 g/mol. The number of furan rings is 2. The number of nitrogens with zero attached hydrogens (tertiary/aromatic N) is 2. The summed E-state index contributed by atoms with van der Waals surface area (Å²) in [6, 6.07) is 57.7. The number of fused-ring (bicyclic) bond motifs is 9. The van der Waals surface area contributed by atoms with Crippen molar-refractivity contribution in [1.29, 1.82) is 0 Å². The maximum absolute atomic E-state index is 6.69. The summed E-state index contributed by atoms with van der Waals surface area (Å²) >= 11 is 0. The molecule has 12 rings (SSSR count). The van der Waals surface area contributed by atoms with E-state index in [2.05, 4.69) is 185 Å². The van der Waals surface area contributed by atoms with Crippen molar-refractivity contribution in [2.24, 2.45) is 10.9 Å². The van der Waals surface area contributed by atoms with Crippen LogP contribution in [-0.4, -0.2) is 16.6 Å². The molecule has 3 atom stereocenters. The standard InChI is InChI=1S/C51H36N4O2/c1-3-12-31(13-4-1)49-52-50(32-14-5-2-6-15-32)54-51(53-49)34-23-27-44-41(28-34)48-36(18-11-21-45(48)56-44)33-22-25-39-40-26-24-35(30-47(40)57-46(39)29-33)55-42-19-9-7-16-37(42)38-17-8-10-20-43(38)55/h1-22,24-30,34,49,51,53H,23H2,(H,52,54). The number of amidine groups is 1. The smallest absolute Gasteiger partial charge is 0.137 e. The summed E-state index contributed by atoms with van der Waals surface area (Å²) in [6.45, 7) is 0. The van der Waals surface area contributed by atoms with Crippen molar-refractivity contribution in [3.8, 4) is 16.8 Å². The van der Waals surface area contributed by atoms with Gasteiger partial charge in [0.05, 0.1) is 11.0 Å². The molecule has 4 heterocycles. The lowest BCUT2D eigenvalue weighted by Gasteiger charge is -2.35. The highest BCUT2D eigenvalue weighted by Crippen LogP contribution is 2.37. The number of aliphatic imine (C=N–C) groups is 1. The lowest BCUT2D eigenvalue weighted by Crippen LogP contribution is -2.51. The maximum Gasteiger partial charge on any atom is 0.137 e. The fourth-order valence-corrected chi connectivity index (χ4v) is 9.13. The first kappa shape index (κ1) is 32.1. The highest BCUT2D eigenvalue weighted by atomic mass is 16.3. The molecule has 2 N–H and O–H groups in total. The molecule has 10 aromatic rings. The van der Waals surface area contributed by atoms with Crippen LogP contribution in [-0.2, 0) is 0 Å². The lowest BCUT2D eigenvalue weighted by molar-refractivity contribution is 0.350. The van der Waals surface area contributed by atoms with Crippen LogP contribution in [0.5, 0.6) is 0 Å². The van der Waals surface area contributed by atoms with Crippen LogP contribution in [0.1, 0.15) is 23.7 Å². The van der Waals surface area contributed by atoms with Gasteiger partial charge in [-0.15, -0.1) is 0 Å². The molecular weight excluding hydrogens is 701 g/mol. The molecule has 2 aliphatic rings. The number of aromatic nitrogens is 1. The van der Waals surface area contributed by atoms with E-state index in [9.17, 15) is 0 Å². The highest BCUT2D eigenvalue weighted by Gasteiger charge is 2.30. The second-order valence-corrected chi connectivity index (χ2v) is 15.1. The van der Waals surface area contributed by atoms with Crippen molar-refractivity contribution >= 4 is 72.7 Å². The van der Waals surface area contributed by atoms with E-state index < -0.39 is 0 Å². The molecule has 0 radical (unpaired) electrons. The van der Waals surface area contributed by atoms with Crippen molar-refractivity contribution in [1.82, 2.24) is 15.2 Å². The molecule has 6 nitrogen and oxygen atoms in total. The van der Waals surface area contributed by atoms with Gasteiger partial charge in [-0.05, 0) is 71.7 Å². The van der Waals surface area contributed by atoms with E-state index in [1.54, 1.807) is 0 Å². The molecule has 0 bridgehead atoms. The van der Waals surface area contributed by atoms with Crippen molar-refractivity contribution < 1.29 is 8.83 Å². The van der Waals surface area contributed by atoms with Gasteiger partial charge in [-0.3, -0.25) is 5.32 Å². The molecule has 0 amide bonds. The predicted octanol–water partition coefficient (Wildman–Crippen LogP) is 10.3. The van der Waals surface area contributed by atoms with E-state index in [-0.39, 0.29) is 18.2 Å². The molecule has 0 fully saturated rings. The first-order valence-corrected chi connectivity index (χ1v) is 19.6. The second kappa shape index (κ2) is 12.7. The monoisotopic (exact) mass is 736 g/mol. The summed E-state index contributed by atoms with van der Waals surface area (Å²) in [4.78, 5) is 5.28. The van der Waals surface area contributed by atoms with Crippen LogP contribution in [0.15, 0.2) is 178 Å². The minimum Gasteiger partial charge on any atom is -0.456 e. The largest absolute Gasteiger partial charge is 0.456 e. The third kappa shape index (κ3) is 5.18. The number of hydrogen-bond donors (Lipinski definition) is 2. The highest BCUT2D eigenvalue weighted by molar-refractivity contribution is 6.11. The Kier molecular flexibility index (Phi) is 7.16. The summed E-state index contributed by atoms with van der Waals surface area (Å²) in [6.07, 6.45) is 5.20. The summed E-state index contributed by atoms with van der Waals surface area (Å²) in [5.74, 6) is 1.01. The molecule has 1 aliphatic carbocycles. The SMILES string of the molecule is C1=c2oc3cccc(-c4ccc5c(c4)oc4cc(-n6c7ccccc7c7ccccc76)ccc45)c3c2=CC(C2N=C(c3ccccc3)NC(c3ccccc3)N2)C1. The fourth-order valence-electron chi connectivity index (χ4n) is 9.13. The van der Waals surface area contributed by atoms with Gasteiger partial charge in [-0.25, -0.2) is 4.99 Å². The van der Waals surface area contributed by atoms with E-state index in [0.717, 1.165) is 78.2 Å². The van der Waals surface area contributed by atoms with E-state index in [0.29, 0.717) is 0 Å². The first-order valence-electron chi connectivity index (χ1n) is 19.6. The zero-order valence-corrected chi connectivity index (χ0v) is 30.9. The molecular formula is C51H36N4O2. The van der Waals surface area contributed by atoms with Crippen LogP contribution in [0.25, 0.3) is 83.7 Å². The molecule has 7 aromatic carbocycles. The van der Waals surface area contributed by atoms with Gasteiger partial charge >= 0.3 is 0 Å². The third-order valence-electron chi connectivity index (χ3n) is 11.8. The Bertz CT molecular complexity index is 3300. The Morgan fingerprint density at radius 2 is 1.28 bits per heavy atom. The molecule has 6 heteroatoms. The quantitative estimate of drug-likeness (QED) is 0.185. The molecule has 57 heavy (non-hydrogen) atoms. The normalized spacial score (nSPS) is 18.0. The fraction of sp³-hybridized carbons (Fsp3) is 0.0784. The van der Waals surface area contributed by atoms with Gasteiger partial charge in [0.1, 0.15) is 40.3 Å². The van der Waals surface area contributed by atoms with Crippen LogP contribution in [0.4, 0.5) is 0 Å². The number of rotatable bonds is 5. The van der Waals surface area contributed by atoms with Gasteiger partial charge in [0.2, 0.25) is 0 Å². The van der Waals surface area contributed by atoms with E-state index in [1.807, 2.05) is 6.07 Å². The topological polar surface area (TPSA) is 67.6 Å². The van der Waals surface area contributed by atoms with Crippen LogP contribution in [0.3, 0.4) is 0 Å². The molecule has 1 aliphatic heterocycles. The molecule has 0 spiro atoms. The summed E-state index contributed by atoms with van der Waals surface area (Å²) in [7, 11) is 0. The minimum absolute atomic E-state index is 0.0797. The average Bonchev–Trinajstić information content (AvgIpc) is 3.95. The molecule has 0 saturated carbocycles. The second-order valence-electron chi connectivity index (χ2n) is 15.1. The van der Waals surface area contributed by atoms with Crippen LogP contribution < -0.4 is 21.3 Å². The molecule has 272 valence electrons. The van der Waals surface area contributed by atoms with Gasteiger partial charge in [0, 0.05) is 55.4 Å². The Morgan fingerprint density at radius 1 is 0.579 bits per heavy atom. The maximum atomic E-state index is 6.69. The summed E-state index contributed by atoms with van der Waals surface area (Å²) in [5.41, 5.74) is 11.4. The van der Waals surface area contributed by atoms with E-state index >= 15 is 0 Å². The van der Waals surface area contributed by atoms with Crippen molar-refractivity contribution in [2.75, 3.05) is 0 Å². The van der Waals surface area contributed by atoms with Crippen molar-refractivity contribution in [2.45, 2.75) is 18.8 Å². The minimum atomic E-state index is -0.146. The van der Waals surface area contributed by atoms with E-state index in [1.165, 1.54) is 27.4 Å². The Hall–Kier alpha value is -7.15. The zero-order valence-electron chi connectivity index (χ0n) is 30.9. The van der Waals surface area contributed by atoms with E-state index in [4.69, 9.17) is 13.8 Å². The van der Waals surface area contributed by atoms with Gasteiger partial charge in [-0.2, -0.15) is 0 Å². The third-order valence-corrected chi connectivity index (χ3v) is 11.8. The van der Waals surface area contributed by atoms with Crippen LogP contribution in [0.2, 0.25) is 0 Å². The predicted molar refractivity (Wildman–Crippen MR) is 232 cm³/mol. The Labute approximate surface area is 327 Å². The van der Waals surface area contributed by atoms with Gasteiger partial charge in [-0.1, -0.05) is 121 Å². The van der Waals surface area contributed by atoms with Crippen molar-refractivity contribution in [3.63, 3.8) is 0 Å². The van der Waals surface area contributed by atoms with Gasteiger partial charge < -0.3 is 18.7 Å². The van der Waals surface area contributed by atoms with Crippen LogP contribution in [0, 0.1) is 5.92 Å². The Morgan fingerprint density at radius 3 is 2.07 bits per heavy atom. The summed E-state index contributed by atoms with van der Waals surface area (Å²) < 4.78 is 15.6. The number of nitrogens with one attached hydrogen (secondary N) is 2. The lowest BCUT2D eigenvalue weighted by atomic mass is 9.93. The van der Waals surface area contributed by atoms with Crippen LogP contribution >= 0.6 is 0 Å².